The van der Waals surface area contributed by atoms with Crippen LogP contribution < -0.4 is 10.6 Å². The van der Waals surface area contributed by atoms with Crippen molar-refractivity contribution in [1.82, 2.24) is 10.6 Å². The number of aliphatic hydroxyl groups excluding tert-OH is 1. The van der Waals surface area contributed by atoms with Gasteiger partial charge in [-0.15, -0.1) is 0 Å². The normalized spacial score (nSPS) is 11.9. The Morgan fingerprint density at radius 3 is 2.48 bits per heavy atom. The fourth-order valence-corrected chi connectivity index (χ4v) is 1.88. The molecule has 0 heterocycles. The van der Waals surface area contributed by atoms with Crippen molar-refractivity contribution in [1.29, 1.82) is 0 Å². The van der Waals surface area contributed by atoms with Gasteiger partial charge < -0.3 is 15.2 Å². The van der Waals surface area contributed by atoms with E-state index in [1.807, 2.05) is 30.3 Å². The summed E-state index contributed by atoms with van der Waals surface area (Å²) in [4.78, 5) is 11.5. The largest absolute Gasteiger partial charge is 0.445 e. The van der Waals surface area contributed by atoms with Crippen molar-refractivity contribution in [3.8, 4) is 0 Å². The van der Waals surface area contributed by atoms with Crippen molar-refractivity contribution in [2.75, 3.05) is 13.1 Å². The van der Waals surface area contributed by atoms with Gasteiger partial charge in [-0.3, -0.25) is 5.32 Å². The summed E-state index contributed by atoms with van der Waals surface area (Å²) in [6.45, 7) is 3.48. The predicted octanol–water partition coefficient (Wildman–Crippen LogP) is 2.40. The Labute approximate surface area is 126 Å². The fourth-order valence-electron chi connectivity index (χ4n) is 1.88. The van der Waals surface area contributed by atoms with E-state index in [-0.39, 0.29) is 6.09 Å². The third-order valence-corrected chi connectivity index (χ3v) is 3.03. The molecule has 0 spiro atoms. The Balaban J connectivity index is 1.92. The lowest BCUT2D eigenvalue weighted by Crippen LogP contribution is -2.26. The van der Waals surface area contributed by atoms with Crippen LogP contribution in [0, 0.1) is 0 Å². The van der Waals surface area contributed by atoms with E-state index in [4.69, 9.17) is 9.84 Å². The molecule has 0 aromatic heterocycles. The zero-order valence-corrected chi connectivity index (χ0v) is 12.7. The molecule has 0 radical (unpaired) electrons. The number of rotatable bonds is 10. The molecule has 118 valence electrons. The van der Waals surface area contributed by atoms with Crippen molar-refractivity contribution in [2.24, 2.45) is 0 Å². The van der Waals surface area contributed by atoms with E-state index < -0.39 is 6.23 Å². The van der Waals surface area contributed by atoms with Crippen molar-refractivity contribution in [3.63, 3.8) is 0 Å². The molecule has 5 heteroatoms. The summed E-state index contributed by atoms with van der Waals surface area (Å²) in [5.41, 5.74) is 0.985. The van der Waals surface area contributed by atoms with Gasteiger partial charge in [0.25, 0.3) is 0 Å². The van der Waals surface area contributed by atoms with Gasteiger partial charge in [0.15, 0.2) is 0 Å². The third kappa shape index (κ3) is 9.87. The van der Waals surface area contributed by atoms with E-state index >= 15 is 0 Å². The second-order valence-corrected chi connectivity index (χ2v) is 5.03. The first kappa shape index (κ1) is 17.5. The Morgan fingerprint density at radius 1 is 1.14 bits per heavy atom. The zero-order chi connectivity index (χ0) is 15.3. The second-order valence-electron chi connectivity index (χ2n) is 5.03. The summed E-state index contributed by atoms with van der Waals surface area (Å²) >= 11 is 0. The highest BCUT2D eigenvalue weighted by molar-refractivity contribution is 5.67. The van der Waals surface area contributed by atoms with E-state index in [9.17, 15) is 4.79 Å². The molecule has 1 aromatic rings. The Morgan fingerprint density at radius 2 is 1.81 bits per heavy atom. The van der Waals surface area contributed by atoms with E-state index in [1.165, 1.54) is 0 Å². The van der Waals surface area contributed by atoms with Crippen LogP contribution in [0.1, 0.15) is 38.2 Å². The van der Waals surface area contributed by atoms with Gasteiger partial charge in [-0.2, -0.15) is 0 Å². The van der Waals surface area contributed by atoms with E-state index in [0.29, 0.717) is 13.2 Å². The second kappa shape index (κ2) is 11.1. The van der Waals surface area contributed by atoms with Gasteiger partial charge in [0, 0.05) is 6.54 Å². The van der Waals surface area contributed by atoms with Gasteiger partial charge >= 0.3 is 6.09 Å². The smallest absolute Gasteiger partial charge is 0.407 e. The number of amides is 1. The lowest BCUT2D eigenvalue weighted by molar-refractivity contribution is 0.139. The average molecular weight is 294 g/mol. The lowest BCUT2D eigenvalue weighted by Gasteiger charge is -2.08. The minimum atomic E-state index is -0.439. The van der Waals surface area contributed by atoms with Crippen molar-refractivity contribution < 1.29 is 14.6 Å². The molecular formula is C16H26N2O3. The van der Waals surface area contributed by atoms with Crippen molar-refractivity contribution in [3.05, 3.63) is 35.9 Å². The molecule has 1 aromatic carbocycles. The molecule has 0 aliphatic heterocycles. The molecule has 5 nitrogen and oxygen atoms in total. The maximum Gasteiger partial charge on any atom is 0.407 e. The van der Waals surface area contributed by atoms with Crippen molar-refractivity contribution in [2.45, 2.75) is 45.4 Å². The minimum Gasteiger partial charge on any atom is -0.445 e. The number of nitrogens with one attached hydrogen (secondary N) is 2. The first-order chi connectivity index (χ1) is 10.2. The van der Waals surface area contributed by atoms with Gasteiger partial charge in [0.05, 0.1) is 0 Å². The van der Waals surface area contributed by atoms with Gasteiger partial charge in [-0.1, -0.05) is 43.2 Å². The SMILES string of the molecule is CC(O)NCCCCCCNC(=O)OCc1ccccc1. The van der Waals surface area contributed by atoms with Crippen LogP contribution in [0.3, 0.4) is 0 Å². The molecule has 0 fully saturated rings. The van der Waals surface area contributed by atoms with Gasteiger partial charge in [-0.25, -0.2) is 4.79 Å². The number of alkyl carbamates (subject to hydrolysis) is 1. The molecule has 0 aliphatic carbocycles. The van der Waals surface area contributed by atoms with Crippen LogP contribution >= 0.6 is 0 Å². The third-order valence-electron chi connectivity index (χ3n) is 3.03. The summed E-state index contributed by atoms with van der Waals surface area (Å²) in [6.07, 6.45) is 3.31. The quantitative estimate of drug-likeness (QED) is 0.458. The van der Waals surface area contributed by atoms with E-state index in [1.54, 1.807) is 6.92 Å². The Hall–Kier alpha value is -1.59. The number of unbranched alkanes of at least 4 members (excludes halogenated alkanes) is 3. The first-order valence-corrected chi connectivity index (χ1v) is 7.54. The number of hydrogen-bond donors (Lipinski definition) is 3. The topological polar surface area (TPSA) is 70.6 Å². The number of benzene rings is 1. The summed E-state index contributed by atoms with van der Waals surface area (Å²) < 4.78 is 5.11. The highest BCUT2D eigenvalue weighted by Crippen LogP contribution is 2.01. The standard InChI is InChI=1S/C16H26N2O3/c1-14(19)17-11-7-2-3-8-12-18-16(20)21-13-15-9-5-4-6-10-15/h4-6,9-10,14,17,19H,2-3,7-8,11-13H2,1H3,(H,18,20). The molecule has 0 bridgehead atoms. The molecular weight excluding hydrogens is 268 g/mol. The van der Waals surface area contributed by atoms with Crippen LogP contribution in [0.25, 0.3) is 0 Å². The Bertz CT molecular complexity index is 382. The number of carbonyl (C=O) groups excluding carboxylic acids is 1. The van der Waals surface area contributed by atoms with E-state index in [2.05, 4.69) is 10.6 Å². The highest BCUT2D eigenvalue weighted by atomic mass is 16.5. The lowest BCUT2D eigenvalue weighted by atomic mass is 10.2. The van der Waals surface area contributed by atoms with Crippen LogP contribution in [0.5, 0.6) is 0 Å². The van der Waals surface area contributed by atoms with Crippen LogP contribution in [-0.2, 0) is 11.3 Å². The molecule has 0 saturated heterocycles. The van der Waals surface area contributed by atoms with Gasteiger partial charge in [0.2, 0.25) is 0 Å². The maximum atomic E-state index is 11.5. The molecule has 0 aliphatic rings. The molecule has 1 unspecified atom stereocenters. The fraction of sp³-hybridized carbons (Fsp3) is 0.562. The number of hydrogen-bond acceptors (Lipinski definition) is 4. The van der Waals surface area contributed by atoms with E-state index in [0.717, 1.165) is 37.8 Å². The molecule has 21 heavy (non-hydrogen) atoms. The summed E-state index contributed by atoms with van der Waals surface area (Å²) in [6, 6.07) is 9.62. The Kier molecular flexibility index (Phi) is 9.24. The molecule has 0 saturated carbocycles. The number of carbonyl (C=O) groups is 1. The van der Waals surface area contributed by atoms with Gasteiger partial charge in [0.1, 0.15) is 12.8 Å². The van der Waals surface area contributed by atoms with Gasteiger partial charge in [-0.05, 0) is 31.9 Å². The number of ether oxygens (including phenoxy) is 1. The highest BCUT2D eigenvalue weighted by Gasteiger charge is 2.01. The molecule has 3 N–H and O–H groups in total. The minimum absolute atomic E-state index is 0.303. The van der Waals surface area contributed by atoms with Crippen LogP contribution in [-0.4, -0.2) is 30.5 Å². The predicted molar refractivity (Wildman–Crippen MR) is 82.8 cm³/mol. The van der Waals surface area contributed by atoms with Crippen LogP contribution in [0.2, 0.25) is 0 Å². The monoisotopic (exact) mass is 294 g/mol. The number of aliphatic hydroxyl groups is 1. The molecule has 1 rings (SSSR count). The van der Waals surface area contributed by atoms with Crippen molar-refractivity contribution >= 4 is 6.09 Å². The maximum absolute atomic E-state index is 11.5. The van der Waals surface area contributed by atoms with Crippen LogP contribution in [0.15, 0.2) is 30.3 Å². The molecule has 1 amide bonds. The first-order valence-electron chi connectivity index (χ1n) is 7.54. The summed E-state index contributed by atoms with van der Waals surface area (Å²) in [5, 5.41) is 14.7. The average Bonchev–Trinajstić information content (AvgIpc) is 2.48. The zero-order valence-electron chi connectivity index (χ0n) is 12.7. The van der Waals surface area contributed by atoms with Crippen LogP contribution in [0.4, 0.5) is 4.79 Å². The summed E-state index contributed by atoms with van der Waals surface area (Å²) in [7, 11) is 0. The molecule has 1 atom stereocenters. The summed E-state index contributed by atoms with van der Waals surface area (Å²) in [5.74, 6) is 0.